The smallest absolute Gasteiger partial charge is 0.0621 e. The van der Waals surface area contributed by atoms with E-state index in [-0.39, 0.29) is 0 Å². The van der Waals surface area contributed by atoms with Gasteiger partial charge in [-0.05, 0) is 31.2 Å². The lowest BCUT2D eigenvalue weighted by Gasteiger charge is -1.96. The summed E-state index contributed by atoms with van der Waals surface area (Å²) < 4.78 is 2.08. The van der Waals surface area contributed by atoms with Crippen LogP contribution in [-0.2, 0) is 13.0 Å². The van der Waals surface area contributed by atoms with Gasteiger partial charge in [0, 0.05) is 12.7 Å². The highest BCUT2D eigenvalue weighted by Crippen LogP contribution is 2.30. The molecule has 1 aliphatic carbocycles. The summed E-state index contributed by atoms with van der Waals surface area (Å²) in [6.07, 6.45) is 5.96. The van der Waals surface area contributed by atoms with Gasteiger partial charge in [-0.3, -0.25) is 4.68 Å². The van der Waals surface area contributed by atoms with E-state index in [9.17, 15) is 0 Å². The molecular formula is C9H14N2. The molecule has 0 radical (unpaired) electrons. The van der Waals surface area contributed by atoms with Gasteiger partial charge in [-0.15, -0.1) is 0 Å². The summed E-state index contributed by atoms with van der Waals surface area (Å²) in [5, 5.41) is 4.43. The monoisotopic (exact) mass is 150 g/mol. The van der Waals surface area contributed by atoms with Crippen LogP contribution in [0.2, 0.25) is 0 Å². The Morgan fingerprint density at radius 1 is 1.64 bits per heavy atom. The molecule has 0 N–H and O–H groups in total. The second-order valence-corrected chi connectivity index (χ2v) is 3.33. The molecule has 2 heteroatoms. The van der Waals surface area contributed by atoms with E-state index in [2.05, 4.69) is 29.0 Å². The zero-order chi connectivity index (χ0) is 7.68. The van der Waals surface area contributed by atoms with Crippen LogP contribution in [0.5, 0.6) is 0 Å². The van der Waals surface area contributed by atoms with E-state index in [1.165, 1.54) is 18.5 Å². The number of hydrogen-bond acceptors (Lipinski definition) is 1. The topological polar surface area (TPSA) is 17.8 Å². The zero-order valence-corrected chi connectivity index (χ0v) is 6.95. The van der Waals surface area contributed by atoms with Crippen molar-refractivity contribution < 1.29 is 0 Å². The molecule has 0 amide bonds. The Labute approximate surface area is 67.2 Å². The summed E-state index contributed by atoms with van der Waals surface area (Å²) in [6.45, 7) is 3.28. The molecule has 0 aliphatic heterocycles. The van der Waals surface area contributed by atoms with Gasteiger partial charge in [-0.1, -0.05) is 6.92 Å². The molecule has 1 aliphatic rings. The fourth-order valence-electron chi connectivity index (χ4n) is 1.26. The number of nitrogens with zero attached hydrogens (tertiary/aromatic N) is 2. The molecule has 2 nitrogen and oxygen atoms in total. The second kappa shape index (κ2) is 2.68. The van der Waals surface area contributed by atoms with Crippen molar-refractivity contribution in [2.24, 2.45) is 5.92 Å². The molecule has 1 fully saturated rings. The molecule has 0 aromatic carbocycles. The highest BCUT2D eigenvalue weighted by atomic mass is 15.3. The van der Waals surface area contributed by atoms with Gasteiger partial charge in [0.1, 0.15) is 0 Å². The summed E-state index contributed by atoms with van der Waals surface area (Å²) in [6, 6.07) is 2.11. The Morgan fingerprint density at radius 2 is 2.45 bits per heavy atom. The van der Waals surface area contributed by atoms with Gasteiger partial charge in [0.15, 0.2) is 0 Å². The van der Waals surface area contributed by atoms with Crippen molar-refractivity contribution in [1.82, 2.24) is 9.78 Å². The summed E-state index contributed by atoms with van der Waals surface area (Å²) in [5.41, 5.74) is 1.21. The third-order valence-corrected chi connectivity index (χ3v) is 2.20. The van der Waals surface area contributed by atoms with E-state index in [4.69, 9.17) is 0 Å². The van der Waals surface area contributed by atoms with Crippen LogP contribution in [0, 0.1) is 5.92 Å². The van der Waals surface area contributed by atoms with E-state index in [0.29, 0.717) is 0 Å². The first kappa shape index (κ1) is 6.89. The Hall–Kier alpha value is -0.790. The number of aryl methyl sites for hydroxylation is 1. The molecule has 1 heterocycles. The number of aromatic nitrogens is 2. The van der Waals surface area contributed by atoms with Gasteiger partial charge < -0.3 is 0 Å². The molecule has 1 saturated carbocycles. The first-order chi connectivity index (χ1) is 5.38. The summed E-state index contributed by atoms with van der Waals surface area (Å²) >= 11 is 0. The van der Waals surface area contributed by atoms with Crippen molar-refractivity contribution in [2.75, 3.05) is 0 Å². The molecule has 0 bridgehead atoms. The van der Waals surface area contributed by atoms with Crippen molar-refractivity contribution >= 4 is 0 Å². The third-order valence-electron chi connectivity index (χ3n) is 2.20. The van der Waals surface area contributed by atoms with Gasteiger partial charge in [0.2, 0.25) is 0 Å². The summed E-state index contributed by atoms with van der Waals surface area (Å²) in [4.78, 5) is 0. The maximum atomic E-state index is 4.43. The summed E-state index contributed by atoms with van der Waals surface area (Å²) in [5.74, 6) is 0.930. The average molecular weight is 150 g/mol. The average Bonchev–Trinajstić information content (AvgIpc) is 2.68. The minimum absolute atomic E-state index is 0.930. The van der Waals surface area contributed by atoms with E-state index in [1.54, 1.807) is 0 Å². The number of rotatable bonds is 3. The molecular weight excluding hydrogens is 136 g/mol. The molecule has 1 aromatic heterocycles. The normalized spacial score (nSPS) is 17.2. The maximum Gasteiger partial charge on any atom is 0.0621 e. The predicted octanol–water partition coefficient (Wildman–Crippen LogP) is 1.86. The lowest BCUT2D eigenvalue weighted by Crippen LogP contribution is -2.00. The minimum atomic E-state index is 0.930. The highest BCUT2D eigenvalue weighted by Gasteiger charge is 2.21. The third kappa shape index (κ3) is 1.62. The second-order valence-electron chi connectivity index (χ2n) is 3.33. The quantitative estimate of drug-likeness (QED) is 0.643. The molecule has 0 unspecified atom stereocenters. The van der Waals surface area contributed by atoms with Gasteiger partial charge in [0.05, 0.1) is 5.69 Å². The standard InChI is InChI=1S/C9H14N2/c1-2-9-5-6-11(10-9)7-8-3-4-8/h5-6,8H,2-4,7H2,1H3. The molecule has 60 valence electrons. The first-order valence-electron chi connectivity index (χ1n) is 4.41. The lowest BCUT2D eigenvalue weighted by molar-refractivity contribution is 0.557. The minimum Gasteiger partial charge on any atom is -0.272 e. The molecule has 11 heavy (non-hydrogen) atoms. The Morgan fingerprint density at radius 3 is 3.00 bits per heavy atom. The summed E-state index contributed by atoms with van der Waals surface area (Å²) in [7, 11) is 0. The SMILES string of the molecule is CCc1ccn(CC2CC2)n1. The highest BCUT2D eigenvalue weighted by molar-refractivity contribution is 4.98. The zero-order valence-electron chi connectivity index (χ0n) is 6.95. The number of hydrogen-bond donors (Lipinski definition) is 0. The van der Waals surface area contributed by atoms with Crippen LogP contribution in [0.1, 0.15) is 25.5 Å². The molecule has 0 saturated heterocycles. The van der Waals surface area contributed by atoms with Crippen molar-refractivity contribution in [1.29, 1.82) is 0 Å². The van der Waals surface area contributed by atoms with Crippen LogP contribution in [0.25, 0.3) is 0 Å². The fraction of sp³-hybridized carbons (Fsp3) is 0.667. The molecule has 0 atom stereocenters. The van der Waals surface area contributed by atoms with Gasteiger partial charge >= 0.3 is 0 Å². The Balaban J connectivity index is 1.99. The first-order valence-corrected chi connectivity index (χ1v) is 4.41. The van der Waals surface area contributed by atoms with Crippen LogP contribution >= 0.6 is 0 Å². The van der Waals surface area contributed by atoms with Crippen molar-refractivity contribution in [3.05, 3.63) is 18.0 Å². The Bertz CT molecular complexity index is 235. The van der Waals surface area contributed by atoms with Crippen molar-refractivity contribution in [3.63, 3.8) is 0 Å². The van der Waals surface area contributed by atoms with Crippen molar-refractivity contribution in [3.8, 4) is 0 Å². The van der Waals surface area contributed by atoms with Crippen LogP contribution in [0.3, 0.4) is 0 Å². The van der Waals surface area contributed by atoms with Gasteiger partial charge in [-0.2, -0.15) is 5.10 Å². The largest absolute Gasteiger partial charge is 0.272 e. The Kier molecular flexibility index (Phi) is 1.68. The van der Waals surface area contributed by atoms with Crippen LogP contribution in [-0.4, -0.2) is 9.78 Å². The van der Waals surface area contributed by atoms with Gasteiger partial charge in [0.25, 0.3) is 0 Å². The van der Waals surface area contributed by atoms with E-state index < -0.39 is 0 Å². The van der Waals surface area contributed by atoms with E-state index in [1.807, 2.05) is 0 Å². The molecule has 1 aromatic rings. The van der Waals surface area contributed by atoms with Crippen LogP contribution in [0.4, 0.5) is 0 Å². The maximum absolute atomic E-state index is 4.43. The van der Waals surface area contributed by atoms with Crippen LogP contribution in [0.15, 0.2) is 12.3 Å². The predicted molar refractivity (Wildman–Crippen MR) is 44.3 cm³/mol. The van der Waals surface area contributed by atoms with Crippen LogP contribution < -0.4 is 0 Å². The van der Waals surface area contributed by atoms with Gasteiger partial charge in [-0.25, -0.2) is 0 Å². The van der Waals surface area contributed by atoms with E-state index in [0.717, 1.165) is 18.9 Å². The lowest BCUT2D eigenvalue weighted by atomic mass is 10.4. The van der Waals surface area contributed by atoms with E-state index >= 15 is 0 Å². The molecule has 0 spiro atoms. The van der Waals surface area contributed by atoms with Crippen molar-refractivity contribution in [2.45, 2.75) is 32.7 Å². The molecule has 2 rings (SSSR count). The fourth-order valence-corrected chi connectivity index (χ4v) is 1.26.